The van der Waals surface area contributed by atoms with E-state index in [0.717, 1.165) is 25.1 Å². The highest BCUT2D eigenvalue weighted by molar-refractivity contribution is 5.47. The number of nitrogens with one attached hydrogen (secondary N) is 1. The Balaban J connectivity index is 2.20. The molecule has 4 heteroatoms. The molecule has 0 radical (unpaired) electrons. The number of hydrogen-bond donors (Lipinski definition) is 3. The molecule has 0 saturated carbocycles. The molecule has 0 amide bonds. The summed E-state index contributed by atoms with van der Waals surface area (Å²) in [5.74, 6) is 0.283. The third-order valence-corrected chi connectivity index (χ3v) is 2.37. The molecule has 96 valence electrons. The van der Waals surface area contributed by atoms with Gasteiger partial charge in [-0.15, -0.1) is 0 Å². The van der Waals surface area contributed by atoms with E-state index >= 15 is 0 Å². The summed E-state index contributed by atoms with van der Waals surface area (Å²) in [6.07, 6.45) is 1.24. The van der Waals surface area contributed by atoms with Crippen molar-refractivity contribution >= 4 is 5.69 Å². The molecule has 0 aliphatic rings. The minimum Gasteiger partial charge on any atom is -0.508 e. The van der Waals surface area contributed by atoms with E-state index in [4.69, 9.17) is 10.5 Å². The summed E-state index contributed by atoms with van der Waals surface area (Å²) >= 11 is 0. The van der Waals surface area contributed by atoms with E-state index in [2.05, 4.69) is 5.32 Å². The zero-order valence-electron chi connectivity index (χ0n) is 10.6. The first-order valence-electron chi connectivity index (χ1n) is 5.99. The van der Waals surface area contributed by atoms with Gasteiger partial charge >= 0.3 is 0 Å². The summed E-state index contributed by atoms with van der Waals surface area (Å²) < 4.78 is 5.43. The van der Waals surface area contributed by atoms with Crippen molar-refractivity contribution in [2.24, 2.45) is 0 Å². The smallest absolute Gasteiger partial charge is 0.120 e. The van der Waals surface area contributed by atoms with Crippen LogP contribution in [0.25, 0.3) is 0 Å². The molecule has 0 bridgehead atoms. The summed E-state index contributed by atoms with van der Waals surface area (Å²) in [6, 6.07) is 5.09. The first kappa shape index (κ1) is 13.8. The van der Waals surface area contributed by atoms with Gasteiger partial charge in [-0.3, -0.25) is 0 Å². The summed E-state index contributed by atoms with van der Waals surface area (Å²) in [5.41, 5.74) is 7.15. The Hall–Kier alpha value is -1.26. The SMILES string of the molecule is CC(C)OCCCNCc1cc(N)ccc1O. The minimum atomic E-state index is 0.283. The molecule has 0 unspecified atom stereocenters. The van der Waals surface area contributed by atoms with Crippen LogP contribution in [0.15, 0.2) is 18.2 Å². The van der Waals surface area contributed by atoms with E-state index in [9.17, 15) is 5.11 Å². The maximum absolute atomic E-state index is 9.59. The summed E-state index contributed by atoms with van der Waals surface area (Å²) in [7, 11) is 0. The maximum atomic E-state index is 9.59. The van der Waals surface area contributed by atoms with Crippen LogP contribution in [0.4, 0.5) is 5.69 Å². The lowest BCUT2D eigenvalue weighted by atomic mass is 10.2. The van der Waals surface area contributed by atoms with Crippen molar-refractivity contribution in [1.82, 2.24) is 5.32 Å². The number of aromatic hydroxyl groups is 1. The molecule has 0 atom stereocenters. The number of hydrogen-bond acceptors (Lipinski definition) is 4. The van der Waals surface area contributed by atoms with Gasteiger partial charge in [0.05, 0.1) is 6.10 Å². The molecule has 0 fully saturated rings. The zero-order valence-corrected chi connectivity index (χ0v) is 10.6. The standard InChI is InChI=1S/C13H22N2O2/c1-10(2)17-7-3-6-15-9-11-8-12(14)4-5-13(11)16/h4-5,8,10,15-16H,3,6-7,9,14H2,1-2H3. The van der Waals surface area contributed by atoms with Crippen molar-refractivity contribution in [3.8, 4) is 5.75 Å². The van der Waals surface area contributed by atoms with Crippen LogP contribution in [0, 0.1) is 0 Å². The van der Waals surface area contributed by atoms with Crippen LogP contribution in [-0.2, 0) is 11.3 Å². The van der Waals surface area contributed by atoms with Crippen molar-refractivity contribution in [1.29, 1.82) is 0 Å². The monoisotopic (exact) mass is 238 g/mol. The molecule has 0 heterocycles. The second kappa shape index (κ2) is 7.14. The first-order chi connectivity index (χ1) is 8.09. The lowest BCUT2D eigenvalue weighted by molar-refractivity contribution is 0.0770. The Kier molecular flexibility index (Phi) is 5.80. The number of nitrogen functional groups attached to an aromatic ring is 1. The molecular weight excluding hydrogens is 216 g/mol. The van der Waals surface area contributed by atoms with Crippen LogP contribution in [0.3, 0.4) is 0 Å². The average Bonchev–Trinajstić information content (AvgIpc) is 2.27. The highest BCUT2D eigenvalue weighted by Crippen LogP contribution is 2.19. The van der Waals surface area contributed by atoms with E-state index < -0.39 is 0 Å². The number of ether oxygens (including phenoxy) is 1. The number of rotatable bonds is 7. The van der Waals surface area contributed by atoms with Gasteiger partial charge in [0.15, 0.2) is 0 Å². The van der Waals surface area contributed by atoms with Crippen molar-refractivity contribution < 1.29 is 9.84 Å². The van der Waals surface area contributed by atoms with E-state index in [-0.39, 0.29) is 11.9 Å². The maximum Gasteiger partial charge on any atom is 0.120 e. The molecule has 0 spiro atoms. The molecule has 1 aromatic rings. The van der Waals surface area contributed by atoms with Crippen LogP contribution in [-0.4, -0.2) is 24.4 Å². The van der Waals surface area contributed by atoms with Gasteiger partial charge in [-0.2, -0.15) is 0 Å². The predicted octanol–water partition coefficient (Wildman–Crippen LogP) is 1.88. The lowest BCUT2D eigenvalue weighted by Gasteiger charge is -2.09. The highest BCUT2D eigenvalue weighted by Gasteiger charge is 2.01. The zero-order chi connectivity index (χ0) is 12.7. The number of anilines is 1. The quantitative estimate of drug-likeness (QED) is 0.385. The molecule has 17 heavy (non-hydrogen) atoms. The fraction of sp³-hybridized carbons (Fsp3) is 0.538. The largest absolute Gasteiger partial charge is 0.508 e. The molecular formula is C13H22N2O2. The Morgan fingerprint density at radius 2 is 2.18 bits per heavy atom. The Morgan fingerprint density at radius 1 is 1.41 bits per heavy atom. The van der Waals surface area contributed by atoms with Crippen LogP contribution >= 0.6 is 0 Å². The highest BCUT2D eigenvalue weighted by atomic mass is 16.5. The molecule has 1 rings (SSSR count). The van der Waals surface area contributed by atoms with E-state index in [1.165, 1.54) is 0 Å². The molecule has 4 N–H and O–H groups in total. The number of phenolic OH excluding ortho intramolecular Hbond substituents is 1. The van der Waals surface area contributed by atoms with Gasteiger partial charge in [-0.25, -0.2) is 0 Å². The first-order valence-corrected chi connectivity index (χ1v) is 5.99. The average molecular weight is 238 g/mol. The third-order valence-electron chi connectivity index (χ3n) is 2.37. The molecule has 1 aromatic carbocycles. The number of nitrogens with two attached hydrogens (primary N) is 1. The Labute approximate surface area is 103 Å². The van der Waals surface area contributed by atoms with Gasteiger partial charge in [0.25, 0.3) is 0 Å². The Morgan fingerprint density at radius 3 is 2.88 bits per heavy atom. The van der Waals surface area contributed by atoms with Gasteiger partial charge in [-0.05, 0) is 45.0 Å². The fourth-order valence-electron chi connectivity index (χ4n) is 1.49. The molecule has 0 saturated heterocycles. The summed E-state index contributed by atoms with van der Waals surface area (Å²) in [4.78, 5) is 0. The molecule has 0 aliphatic heterocycles. The fourth-order valence-corrected chi connectivity index (χ4v) is 1.49. The van der Waals surface area contributed by atoms with Crippen molar-refractivity contribution in [3.05, 3.63) is 23.8 Å². The summed E-state index contributed by atoms with van der Waals surface area (Å²) in [5, 5.41) is 12.8. The van der Waals surface area contributed by atoms with Gasteiger partial charge in [-0.1, -0.05) is 0 Å². The predicted molar refractivity (Wildman–Crippen MR) is 69.9 cm³/mol. The lowest BCUT2D eigenvalue weighted by Crippen LogP contribution is -2.17. The van der Waals surface area contributed by atoms with Crippen LogP contribution in [0.1, 0.15) is 25.8 Å². The van der Waals surface area contributed by atoms with Crippen molar-refractivity contribution in [2.45, 2.75) is 32.9 Å². The second-order valence-corrected chi connectivity index (χ2v) is 4.34. The van der Waals surface area contributed by atoms with Gasteiger partial charge in [0, 0.05) is 24.4 Å². The topological polar surface area (TPSA) is 67.5 Å². The van der Waals surface area contributed by atoms with Gasteiger partial charge in [0.2, 0.25) is 0 Å². The number of benzene rings is 1. The van der Waals surface area contributed by atoms with E-state index in [0.29, 0.717) is 12.2 Å². The van der Waals surface area contributed by atoms with Gasteiger partial charge in [0.1, 0.15) is 5.75 Å². The second-order valence-electron chi connectivity index (χ2n) is 4.34. The van der Waals surface area contributed by atoms with E-state index in [1.807, 2.05) is 13.8 Å². The van der Waals surface area contributed by atoms with Crippen molar-refractivity contribution in [3.63, 3.8) is 0 Å². The molecule has 0 aliphatic carbocycles. The normalized spacial score (nSPS) is 11.0. The molecule has 4 nitrogen and oxygen atoms in total. The van der Waals surface area contributed by atoms with E-state index in [1.54, 1.807) is 18.2 Å². The summed E-state index contributed by atoms with van der Waals surface area (Å²) in [6.45, 7) is 6.30. The Bertz CT molecular complexity index is 340. The molecule has 0 aromatic heterocycles. The van der Waals surface area contributed by atoms with Crippen LogP contribution in [0.2, 0.25) is 0 Å². The number of phenols is 1. The minimum absolute atomic E-state index is 0.283. The van der Waals surface area contributed by atoms with Gasteiger partial charge < -0.3 is 20.9 Å². The van der Waals surface area contributed by atoms with Crippen LogP contribution in [0.5, 0.6) is 5.75 Å². The third kappa shape index (κ3) is 5.56. The van der Waals surface area contributed by atoms with Crippen LogP contribution < -0.4 is 11.1 Å². The van der Waals surface area contributed by atoms with Crippen molar-refractivity contribution in [2.75, 3.05) is 18.9 Å².